The topological polar surface area (TPSA) is 67.8 Å². The third kappa shape index (κ3) is 6.79. The lowest BCUT2D eigenvalue weighted by atomic mass is 10.0. The highest BCUT2D eigenvalue weighted by Gasteiger charge is 2.25. The van der Waals surface area contributed by atoms with Crippen LogP contribution in [0.1, 0.15) is 38.5 Å². The summed E-state index contributed by atoms with van der Waals surface area (Å²) in [6.07, 6.45) is 6.64. The third-order valence-electron chi connectivity index (χ3n) is 7.10. The van der Waals surface area contributed by atoms with Gasteiger partial charge in [-0.3, -0.25) is 0 Å². The summed E-state index contributed by atoms with van der Waals surface area (Å²) in [5.41, 5.74) is 2.91. The highest BCUT2D eigenvalue weighted by molar-refractivity contribution is 5.94. The number of hydrogen-bond donors (Lipinski definition) is 3. The summed E-state index contributed by atoms with van der Waals surface area (Å²) in [6.45, 7) is 3.25. The molecule has 0 bridgehead atoms. The van der Waals surface area contributed by atoms with Gasteiger partial charge in [0.1, 0.15) is 0 Å². The molecule has 2 aromatic carbocycles. The van der Waals surface area contributed by atoms with Gasteiger partial charge in [0.2, 0.25) is 0 Å². The van der Waals surface area contributed by atoms with Crippen molar-refractivity contribution < 1.29 is 9.90 Å². The first-order valence-electron chi connectivity index (χ1n) is 12.4. The number of carbonyl (C=O) groups excluding carboxylic acids is 1. The van der Waals surface area contributed by atoms with Crippen LogP contribution in [0.4, 0.5) is 10.5 Å². The molecule has 0 radical (unpaired) electrons. The van der Waals surface area contributed by atoms with Gasteiger partial charge in [0, 0.05) is 43.8 Å². The van der Waals surface area contributed by atoms with E-state index in [0.717, 1.165) is 49.3 Å². The number of rotatable bonds is 8. The maximum absolute atomic E-state index is 12.7. The Kier molecular flexibility index (Phi) is 8.37. The van der Waals surface area contributed by atoms with Crippen LogP contribution in [0, 0.1) is 0 Å². The molecule has 0 aromatic heterocycles. The van der Waals surface area contributed by atoms with Gasteiger partial charge in [0.05, 0.1) is 11.8 Å². The van der Waals surface area contributed by atoms with Crippen molar-refractivity contribution in [1.29, 1.82) is 0 Å². The number of para-hydroxylation sites is 1. The number of piperidine rings is 1. The normalized spacial score (nSPS) is 19.0. The Morgan fingerprint density at radius 3 is 2.42 bits per heavy atom. The van der Waals surface area contributed by atoms with Crippen LogP contribution < -0.4 is 10.6 Å². The summed E-state index contributed by atoms with van der Waals surface area (Å²) < 4.78 is 0. The fourth-order valence-electron chi connectivity index (χ4n) is 5.25. The lowest BCUT2D eigenvalue weighted by Gasteiger charge is -2.35. The highest BCUT2D eigenvalue weighted by Crippen LogP contribution is 2.27. The number of likely N-dealkylation sites (tertiary alicyclic amines) is 1. The Bertz CT molecular complexity index is 877. The van der Waals surface area contributed by atoms with Gasteiger partial charge in [0.25, 0.3) is 0 Å². The minimum atomic E-state index is -0.321. The van der Waals surface area contributed by atoms with Crippen LogP contribution in [0.2, 0.25) is 0 Å². The second-order valence-corrected chi connectivity index (χ2v) is 9.62. The number of nitrogens with one attached hydrogen (secondary N) is 2. The first kappa shape index (κ1) is 23.7. The van der Waals surface area contributed by atoms with E-state index < -0.39 is 0 Å². The molecule has 3 N–H and O–H groups in total. The second-order valence-electron chi connectivity index (χ2n) is 9.62. The second kappa shape index (κ2) is 11.6. The predicted octanol–water partition coefficient (Wildman–Crippen LogP) is 4.17. The Morgan fingerprint density at radius 1 is 1.03 bits per heavy atom. The molecule has 6 heteroatoms. The monoisotopic (exact) mass is 450 g/mol. The lowest BCUT2D eigenvalue weighted by Crippen LogP contribution is -2.49. The number of aliphatic hydroxyl groups is 1. The van der Waals surface area contributed by atoms with Gasteiger partial charge in [0.15, 0.2) is 0 Å². The van der Waals surface area contributed by atoms with E-state index in [1.165, 1.54) is 25.7 Å². The molecule has 2 fully saturated rings. The summed E-state index contributed by atoms with van der Waals surface area (Å²) in [6, 6.07) is 18.6. The van der Waals surface area contributed by atoms with Crippen LogP contribution in [-0.4, -0.2) is 72.4 Å². The smallest absolute Gasteiger partial charge is 0.319 e. The number of carbonyl (C=O) groups is 1. The molecule has 1 unspecified atom stereocenters. The van der Waals surface area contributed by atoms with E-state index in [2.05, 4.69) is 27.5 Å². The summed E-state index contributed by atoms with van der Waals surface area (Å²) >= 11 is 0. The molecule has 1 heterocycles. The van der Waals surface area contributed by atoms with Crippen LogP contribution >= 0.6 is 0 Å². The molecule has 2 aromatic rings. The van der Waals surface area contributed by atoms with Crippen molar-refractivity contribution in [3.8, 4) is 11.1 Å². The van der Waals surface area contributed by atoms with Gasteiger partial charge in [-0.2, -0.15) is 0 Å². The Labute approximate surface area is 198 Å². The van der Waals surface area contributed by atoms with Crippen LogP contribution in [0.5, 0.6) is 0 Å². The standard InChI is InChI=1S/C27H38N4O2/c1-30(23-11-5-6-12-23)19-24(32)20-31-17-15-22(16-18-31)28-27(33)29-26-14-8-7-13-25(26)21-9-3-2-4-10-21/h2-4,7-10,13-14,22-24,32H,5-6,11-12,15-20H2,1H3,(H2,28,29,33). The molecule has 1 aliphatic carbocycles. The van der Waals surface area contributed by atoms with Crippen LogP contribution in [-0.2, 0) is 0 Å². The number of aliphatic hydroxyl groups excluding tert-OH is 1. The molecule has 1 saturated heterocycles. The largest absolute Gasteiger partial charge is 0.390 e. The number of anilines is 1. The lowest BCUT2D eigenvalue weighted by molar-refractivity contribution is 0.0598. The van der Waals surface area contributed by atoms with Crippen LogP contribution in [0.25, 0.3) is 11.1 Å². The van der Waals surface area contributed by atoms with E-state index in [4.69, 9.17) is 0 Å². The molecule has 1 aliphatic heterocycles. The van der Waals surface area contributed by atoms with Gasteiger partial charge in [-0.05, 0) is 44.4 Å². The molecule has 1 saturated carbocycles. The average molecular weight is 451 g/mol. The highest BCUT2D eigenvalue weighted by atomic mass is 16.3. The van der Waals surface area contributed by atoms with Crippen molar-refractivity contribution in [3.05, 3.63) is 54.6 Å². The number of likely N-dealkylation sites (N-methyl/N-ethyl adjacent to an activating group) is 1. The zero-order chi connectivity index (χ0) is 23.0. The van der Waals surface area contributed by atoms with Gasteiger partial charge in [-0.25, -0.2) is 4.79 Å². The number of β-amino-alcohol motifs (C(OH)–C–C–N with tert-alkyl or cyclic N) is 1. The van der Waals surface area contributed by atoms with E-state index in [-0.39, 0.29) is 18.2 Å². The molecule has 178 valence electrons. The molecule has 1 atom stereocenters. The SMILES string of the molecule is CN(CC(O)CN1CCC(NC(=O)Nc2ccccc2-c2ccccc2)CC1)C1CCCC1. The first-order valence-corrected chi connectivity index (χ1v) is 12.4. The van der Waals surface area contributed by atoms with E-state index >= 15 is 0 Å². The number of urea groups is 1. The summed E-state index contributed by atoms with van der Waals surface area (Å²) in [5.74, 6) is 0. The minimum absolute atomic E-state index is 0.156. The van der Waals surface area contributed by atoms with Crippen molar-refractivity contribution in [2.75, 3.05) is 38.5 Å². The molecule has 2 amide bonds. The number of nitrogens with zero attached hydrogens (tertiary/aromatic N) is 2. The zero-order valence-electron chi connectivity index (χ0n) is 19.7. The molecule has 6 nitrogen and oxygen atoms in total. The van der Waals surface area contributed by atoms with Crippen LogP contribution in [0.3, 0.4) is 0 Å². The van der Waals surface area contributed by atoms with Gasteiger partial charge in [-0.15, -0.1) is 0 Å². The zero-order valence-corrected chi connectivity index (χ0v) is 19.7. The molecule has 33 heavy (non-hydrogen) atoms. The van der Waals surface area contributed by atoms with Crippen LogP contribution in [0.15, 0.2) is 54.6 Å². The van der Waals surface area contributed by atoms with Gasteiger partial charge < -0.3 is 25.5 Å². The fourth-order valence-corrected chi connectivity index (χ4v) is 5.25. The van der Waals surface area contributed by atoms with Crippen molar-refractivity contribution >= 4 is 11.7 Å². The molecule has 2 aliphatic rings. The fraction of sp³-hybridized carbons (Fsp3) is 0.519. The quantitative estimate of drug-likeness (QED) is 0.565. The number of benzene rings is 2. The minimum Gasteiger partial charge on any atom is -0.390 e. The third-order valence-corrected chi connectivity index (χ3v) is 7.10. The predicted molar refractivity (Wildman–Crippen MR) is 134 cm³/mol. The van der Waals surface area contributed by atoms with Gasteiger partial charge >= 0.3 is 6.03 Å². The summed E-state index contributed by atoms with van der Waals surface area (Å²) in [7, 11) is 2.14. The first-order chi connectivity index (χ1) is 16.1. The van der Waals surface area contributed by atoms with E-state index in [1.54, 1.807) is 0 Å². The van der Waals surface area contributed by atoms with Gasteiger partial charge in [-0.1, -0.05) is 61.4 Å². The van der Waals surface area contributed by atoms with Crippen molar-refractivity contribution in [1.82, 2.24) is 15.1 Å². The van der Waals surface area contributed by atoms with Crippen molar-refractivity contribution in [2.24, 2.45) is 0 Å². The Hall–Kier alpha value is -2.41. The molecule has 0 spiro atoms. The van der Waals surface area contributed by atoms with E-state index in [9.17, 15) is 9.90 Å². The summed E-state index contributed by atoms with van der Waals surface area (Å²) in [4.78, 5) is 17.4. The van der Waals surface area contributed by atoms with E-state index in [0.29, 0.717) is 12.6 Å². The Balaban J connectivity index is 1.21. The molecular weight excluding hydrogens is 412 g/mol. The molecule has 4 rings (SSSR count). The maximum atomic E-state index is 12.7. The molecular formula is C27H38N4O2. The summed E-state index contributed by atoms with van der Waals surface area (Å²) in [5, 5.41) is 16.7. The van der Waals surface area contributed by atoms with Crippen molar-refractivity contribution in [2.45, 2.75) is 56.7 Å². The van der Waals surface area contributed by atoms with E-state index in [1.807, 2.05) is 54.6 Å². The Morgan fingerprint density at radius 2 is 1.70 bits per heavy atom. The van der Waals surface area contributed by atoms with Crippen molar-refractivity contribution in [3.63, 3.8) is 0 Å². The average Bonchev–Trinajstić information content (AvgIpc) is 3.36. The maximum Gasteiger partial charge on any atom is 0.319 e. The number of hydrogen-bond acceptors (Lipinski definition) is 4. The number of amides is 2.